The number of hydrogen-bond acceptors (Lipinski definition) is 3. The number of pyridine rings is 1. The zero-order chi connectivity index (χ0) is 19.4. The van der Waals surface area contributed by atoms with Crippen LogP contribution in [0.25, 0.3) is 0 Å². The molecule has 152 valence electrons. The Bertz CT molecular complexity index is 645. The Kier molecular flexibility index (Phi) is 8.50. The van der Waals surface area contributed by atoms with Crippen LogP contribution in [0.5, 0.6) is 0 Å². The monoisotopic (exact) mass is 487 g/mol. The van der Waals surface area contributed by atoms with Crippen LogP contribution < -0.4 is 5.32 Å². The first-order chi connectivity index (χ1) is 12.2. The maximum absolute atomic E-state index is 12.4. The Morgan fingerprint density at radius 2 is 2.04 bits per heavy atom. The number of halogens is 1. The fourth-order valence-corrected chi connectivity index (χ4v) is 3.01. The number of carbonyl (C=O) groups is 1. The normalized spacial score (nSPS) is 17.6. The van der Waals surface area contributed by atoms with Gasteiger partial charge in [0.1, 0.15) is 6.54 Å². The highest BCUT2D eigenvalue weighted by atomic mass is 127. The summed E-state index contributed by atoms with van der Waals surface area (Å²) in [5, 5.41) is 3.33. The summed E-state index contributed by atoms with van der Waals surface area (Å²) >= 11 is 0. The Morgan fingerprint density at radius 1 is 1.33 bits per heavy atom. The number of rotatable bonds is 6. The second-order valence-corrected chi connectivity index (χ2v) is 8.09. The zero-order valence-electron chi connectivity index (χ0n) is 17.5. The summed E-state index contributed by atoms with van der Waals surface area (Å²) in [6.45, 7) is 13.6. The standard InChI is InChI=1S/C20H33N5O.HI/c1-7-21-18(25-15-19(2,3)20(25,4)5)23-14-17(26)24(6)13-11-16-10-8-9-12-22-16;/h8-10,12H,7,11,13-15H2,1-6H3,(H,21,23);1H. The molecule has 1 aromatic heterocycles. The molecule has 27 heavy (non-hydrogen) atoms. The molecule has 0 aromatic carbocycles. The van der Waals surface area contributed by atoms with Crippen LogP contribution in [-0.4, -0.2) is 65.4 Å². The minimum Gasteiger partial charge on any atom is -0.356 e. The summed E-state index contributed by atoms with van der Waals surface area (Å²) in [7, 11) is 1.82. The minimum absolute atomic E-state index is 0. The molecule has 1 fully saturated rings. The first-order valence-corrected chi connectivity index (χ1v) is 9.39. The molecule has 0 spiro atoms. The lowest BCUT2D eigenvalue weighted by atomic mass is 9.65. The first-order valence-electron chi connectivity index (χ1n) is 9.39. The van der Waals surface area contributed by atoms with Crippen molar-refractivity contribution >= 4 is 35.8 Å². The lowest BCUT2D eigenvalue weighted by molar-refractivity contribution is -0.128. The van der Waals surface area contributed by atoms with Crippen LogP contribution >= 0.6 is 24.0 Å². The lowest BCUT2D eigenvalue weighted by Gasteiger charge is -2.62. The molecule has 7 heteroatoms. The molecule has 0 bridgehead atoms. The molecule has 0 aliphatic carbocycles. The van der Waals surface area contributed by atoms with Gasteiger partial charge in [0, 0.05) is 55.9 Å². The maximum Gasteiger partial charge on any atom is 0.244 e. The zero-order valence-corrected chi connectivity index (χ0v) is 19.8. The average Bonchev–Trinajstić information content (AvgIpc) is 2.62. The second-order valence-electron chi connectivity index (χ2n) is 8.09. The van der Waals surface area contributed by atoms with Crippen molar-refractivity contribution in [2.24, 2.45) is 10.4 Å². The Labute approximate surface area is 180 Å². The SMILES string of the molecule is CCNC(=NCC(=O)N(C)CCc1ccccn1)N1CC(C)(C)C1(C)C.I. The van der Waals surface area contributed by atoms with Gasteiger partial charge in [0.05, 0.1) is 0 Å². The molecule has 6 nitrogen and oxygen atoms in total. The Hall–Kier alpha value is -1.38. The number of carbonyl (C=O) groups excluding carboxylic acids is 1. The van der Waals surface area contributed by atoms with E-state index in [0.717, 1.165) is 31.2 Å². The van der Waals surface area contributed by atoms with Crippen molar-refractivity contribution < 1.29 is 4.79 Å². The number of aliphatic imine (C=N–C) groups is 1. The molecule has 2 rings (SSSR count). The van der Waals surface area contributed by atoms with Crippen LogP contribution in [-0.2, 0) is 11.2 Å². The number of aromatic nitrogens is 1. The number of hydrogen-bond donors (Lipinski definition) is 1. The van der Waals surface area contributed by atoms with Gasteiger partial charge in [0.15, 0.2) is 5.96 Å². The van der Waals surface area contributed by atoms with Crippen molar-refractivity contribution in [1.82, 2.24) is 20.1 Å². The molecule has 2 heterocycles. The van der Waals surface area contributed by atoms with Gasteiger partial charge < -0.3 is 15.1 Å². The van der Waals surface area contributed by atoms with Gasteiger partial charge >= 0.3 is 0 Å². The number of guanidine groups is 1. The van der Waals surface area contributed by atoms with E-state index in [0.29, 0.717) is 6.54 Å². The van der Waals surface area contributed by atoms with E-state index in [9.17, 15) is 4.79 Å². The van der Waals surface area contributed by atoms with Gasteiger partial charge in [0.25, 0.3) is 0 Å². The smallest absolute Gasteiger partial charge is 0.244 e. The molecule has 1 aromatic rings. The highest BCUT2D eigenvalue weighted by molar-refractivity contribution is 14.0. The van der Waals surface area contributed by atoms with E-state index in [1.807, 2.05) is 32.2 Å². The summed E-state index contributed by atoms with van der Waals surface area (Å²) in [6.07, 6.45) is 2.53. The number of likely N-dealkylation sites (tertiary alicyclic amines) is 1. The minimum atomic E-state index is 0. The molecule has 1 N–H and O–H groups in total. The molecule has 0 unspecified atom stereocenters. The summed E-state index contributed by atoms with van der Waals surface area (Å²) < 4.78 is 0. The Balaban J connectivity index is 0.00000364. The molecule has 0 saturated carbocycles. The van der Waals surface area contributed by atoms with Crippen LogP contribution in [0.15, 0.2) is 29.4 Å². The van der Waals surface area contributed by atoms with Crippen molar-refractivity contribution in [2.45, 2.75) is 46.6 Å². The molecule has 0 radical (unpaired) electrons. The van der Waals surface area contributed by atoms with Crippen molar-refractivity contribution in [3.63, 3.8) is 0 Å². The molecular weight excluding hydrogens is 453 g/mol. The molecule has 1 saturated heterocycles. The summed E-state index contributed by atoms with van der Waals surface area (Å²) in [4.78, 5) is 25.3. The Morgan fingerprint density at radius 3 is 2.56 bits per heavy atom. The van der Waals surface area contributed by atoms with Crippen LogP contribution in [0.3, 0.4) is 0 Å². The third-order valence-corrected chi connectivity index (χ3v) is 5.69. The molecule has 0 atom stereocenters. The van der Waals surface area contributed by atoms with E-state index in [1.165, 1.54) is 0 Å². The van der Waals surface area contributed by atoms with E-state index in [1.54, 1.807) is 11.1 Å². The van der Waals surface area contributed by atoms with Crippen LogP contribution in [0, 0.1) is 5.41 Å². The van der Waals surface area contributed by atoms with E-state index in [2.05, 4.69) is 47.9 Å². The summed E-state index contributed by atoms with van der Waals surface area (Å²) in [5.74, 6) is 0.845. The van der Waals surface area contributed by atoms with Crippen molar-refractivity contribution in [3.8, 4) is 0 Å². The second kappa shape index (κ2) is 9.71. The third-order valence-electron chi connectivity index (χ3n) is 5.69. The van der Waals surface area contributed by atoms with Gasteiger partial charge in [-0.25, -0.2) is 4.99 Å². The van der Waals surface area contributed by atoms with Gasteiger partial charge in [-0.1, -0.05) is 19.9 Å². The van der Waals surface area contributed by atoms with Crippen molar-refractivity contribution in [3.05, 3.63) is 30.1 Å². The molecular formula is C20H34IN5O. The summed E-state index contributed by atoms with van der Waals surface area (Å²) in [5.41, 5.74) is 1.24. The first kappa shape index (κ1) is 23.7. The van der Waals surface area contributed by atoms with Gasteiger partial charge in [0.2, 0.25) is 5.91 Å². The van der Waals surface area contributed by atoms with Crippen LogP contribution in [0.1, 0.15) is 40.3 Å². The number of amides is 1. The average molecular weight is 487 g/mol. The van der Waals surface area contributed by atoms with Crippen LogP contribution in [0.2, 0.25) is 0 Å². The molecule has 1 aliphatic heterocycles. The van der Waals surface area contributed by atoms with Crippen molar-refractivity contribution in [1.29, 1.82) is 0 Å². The molecule has 1 amide bonds. The number of likely N-dealkylation sites (N-methyl/N-ethyl adjacent to an activating group) is 1. The van der Waals surface area contributed by atoms with E-state index in [-0.39, 0.29) is 47.4 Å². The fraction of sp³-hybridized carbons (Fsp3) is 0.650. The van der Waals surface area contributed by atoms with Crippen molar-refractivity contribution in [2.75, 3.05) is 33.2 Å². The predicted molar refractivity (Wildman–Crippen MR) is 122 cm³/mol. The largest absolute Gasteiger partial charge is 0.356 e. The highest BCUT2D eigenvalue weighted by Crippen LogP contribution is 2.46. The highest BCUT2D eigenvalue weighted by Gasteiger charge is 2.53. The number of nitrogens with one attached hydrogen (secondary N) is 1. The lowest BCUT2D eigenvalue weighted by Crippen LogP contribution is -2.72. The predicted octanol–water partition coefficient (Wildman–Crippen LogP) is 2.79. The van der Waals surface area contributed by atoms with Gasteiger partial charge in [-0.15, -0.1) is 24.0 Å². The van der Waals surface area contributed by atoms with Crippen LogP contribution in [0.4, 0.5) is 0 Å². The molecule has 1 aliphatic rings. The van der Waals surface area contributed by atoms with Gasteiger partial charge in [-0.2, -0.15) is 0 Å². The van der Waals surface area contributed by atoms with E-state index < -0.39 is 0 Å². The number of nitrogens with zero attached hydrogens (tertiary/aromatic N) is 4. The quantitative estimate of drug-likeness (QED) is 0.381. The summed E-state index contributed by atoms with van der Waals surface area (Å²) in [6, 6.07) is 5.84. The van der Waals surface area contributed by atoms with Gasteiger partial charge in [-0.3, -0.25) is 9.78 Å². The fourth-order valence-electron chi connectivity index (χ4n) is 3.01. The van der Waals surface area contributed by atoms with E-state index >= 15 is 0 Å². The third kappa shape index (κ3) is 5.56. The van der Waals surface area contributed by atoms with E-state index in [4.69, 9.17) is 0 Å². The topological polar surface area (TPSA) is 60.8 Å². The maximum atomic E-state index is 12.4. The van der Waals surface area contributed by atoms with Gasteiger partial charge in [-0.05, 0) is 32.9 Å².